The Kier molecular flexibility index (Phi) is 7.92. The standard InChI is InChI=1S/C34H30O3/c35-34-30(22-28-16-7-9-20-32(28)36-24-26-12-3-1-4-13-26)18-11-19-31(34)23-29-17-8-10-21-33(29)37-25-27-14-5-2-6-15-27/h1-10,12-17,20-23H,11,18-19,24-25H2/b30-22-,31-23+. The summed E-state index contributed by atoms with van der Waals surface area (Å²) in [5.41, 5.74) is 5.70. The first-order valence-electron chi connectivity index (χ1n) is 12.7. The van der Waals surface area contributed by atoms with Crippen LogP contribution in [0.25, 0.3) is 12.2 Å². The van der Waals surface area contributed by atoms with E-state index < -0.39 is 0 Å². The topological polar surface area (TPSA) is 35.5 Å². The van der Waals surface area contributed by atoms with Gasteiger partial charge in [0.15, 0.2) is 5.78 Å². The SMILES string of the molecule is O=C1/C(=C\c2ccccc2OCc2ccccc2)CCC/C1=C\c1ccccc1OCc1ccccc1. The maximum atomic E-state index is 13.5. The molecule has 0 radical (unpaired) electrons. The van der Waals surface area contributed by atoms with Gasteiger partial charge in [-0.3, -0.25) is 4.79 Å². The molecule has 4 aromatic carbocycles. The number of rotatable bonds is 8. The summed E-state index contributed by atoms with van der Waals surface area (Å²) in [6.45, 7) is 0.972. The highest BCUT2D eigenvalue weighted by Gasteiger charge is 2.21. The number of para-hydroxylation sites is 2. The molecular formula is C34H30O3. The second-order valence-electron chi connectivity index (χ2n) is 9.15. The van der Waals surface area contributed by atoms with E-state index in [9.17, 15) is 4.79 Å². The lowest BCUT2D eigenvalue weighted by Crippen LogP contribution is -2.12. The lowest BCUT2D eigenvalue weighted by molar-refractivity contribution is -0.112. The molecule has 0 bridgehead atoms. The molecule has 3 nitrogen and oxygen atoms in total. The summed E-state index contributed by atoms with van der Waals surface area (Å²) in [6.07, 6.45) is 6.44. The molecule has 0 N–H and O–H groups in total. The number of ketones is 1. The average Bonchev–Trinajstić information content (AvgIpc) is 2.95. The molecule has 0 atom stereocenters. The lowest BCUT2D eigenvalue weighted by Gasteiger charge is -2.18. The Hall–Kier alpha value is -4.37. The largest absolute Gasteiger partial charge is 0.488 e. The van der Waals surface area contributed by atoms with E-state index in [1.807, 2.05) is 121 Å². The van der Waals surface area contributed by atoms with Crippen LogP contribution >= 0.6 is 0 Å². The quantitative estimate of drug-likeness (QED) is 0.236. The number of carbonyl (C=O) groups excluding carboxylic acids is 1. The van der Waals surface area contributed by atoms with Crippen molar-refractivity contribution >= 4 is 17.9 Å². The normalized spacial score (nSPS) is 15.6. The van der Waals surface area contributed by atoms with Crippen LogP contribution in [0.4, 0.5) is 0 Å². The number of allylic oxidation sites excluding steroid dienone is 2. The highest BCUT2D eigenvalue weighted by atomic mass is 16.5. The van der Waals surface area contributed by atoms with Crippen LogP contribution in [0.1, 0.15) is 41.5 Å². The summed E-state index contributed by atoms with van der Waals surface area (Å²) in [4.78, 5) is 13.5. The smallest absolute Gasteiger partial charge is 0.185 e. The zero-order chi connectivity index (χ0) is 25.3. The summed E-state index contributed by atoms with van der Waals surface area (Å²) >= 11 is 0. The third kappa shape index (κ3) is 6.45. The van der Waals surface area contributed by atoms with Gasteiger partial charge in [0.25, 0.3) is 0 Å². The third-order valence-corrected chi connectivity index (χ3v) is 6.45. The van der Waals surface area contributed by atoms with Gasteiger partial charge < -0.3 is 9.47 Å². The number of hydrogen-bond acceptors (Lipinski definition) is 3. The Morgan fingerprint density at radius 2 is 0.946 bits per heavy atom. The zero-order valence-electron chi connectivity index (χ0n) is 20.8. The van der Waals surface area contributed by atoms with Gasteiger partial charge in [0, 0.05) is 22.3 Å². The van der Waals surface area contributed by atoms with Crippen LogP contribution in [0.3, 0.4) is 0 Å². The summed E-state index contributed by atoms with van der Waals surface area (Å²) in [6, 6.07) is 36.0. The van der Waals surface area contributed by atoms with Crippen LogP contribution in [-0.2, 0) is 18.0 Å². The number of ether oxygens (including phenoxy) is 2. The molecule has 0 saturated heterocycles. The summed E-state index contributed by atoms with van der Waals surface area (Å²) in [5.74, 6) is 1.66. The first-order valence-corrected chi connectivity index (χ1v) is 12.7. The van der Waals surface area contributed by atoms with Crippen molar-refractivity contribution in [2.24, 2.45) is 0 Å². The fourth-order valence-corrected chi connectivity index (χ4v) is 4.49. The number of carbonyl (C=O) groups is 1. The van der Waals surface area contributed by atoms with Crippen molar-refractivity contribution in [3.05, 3.63) is 143 Å². The molecule has 5 rings (SSSR count). The average molecular weight is 487 g/mol. The molecule has 4 aromatic rings. The first kappa shape index (κ1) is 24.3. The molecule has 0 amide bonds. The Bertz CT molecular complexity index is 1290. The van der Waals surface area contributed by atoms with Gasteiger partial charge in [0.1, 0.15) is 24.7 Å². The Morgan fingerprint density at radius 3 is 1.41 bits per heavy atom. The molecule has 184 valence electrons. The van der Waals surface area contributed by atoms with Crippen molar-refractivity contribution in [1.82, 2.24) is 0 Å². The van der Waals surface area contributed by atoms with Gasteiger partial charge in [0.2, 0.25) is 0 Å². The fourth-order valence-electron chi connectivity index (χ4n) is 4.49. The third-order valence-electron chi connectivity index (χ3n) is 6.45. The van der Waals surface area contributed by atoms with Crippen LogP contribution in [0.2, 0.25) is 0 Å². The maximum Gasteiger partial charge on any atom is 0.185 e. The molecular weight excluding hydrogens is 456 g/mol. The van der Waals surface area contributed by atoms with Crippen molar-refractivity contribution in [2.75, 3.05) is 0 Å². The minimum Gasteiger partial charge on any atom is -0.488 e. The Labute approximate surface area is 218 Å². The Balaban J connectivity index is 1.34. The molecule has 0 aliphatic heterocycles. The van der Waals surface area contributed by atoms with E-state index in [0.29, 0.717) is 13.2 Å². The van der Waals surface area contributed by atoms with Crippen LogP contribution in [0.15, 0.2) is 120 Å². The summed E-state index contributed by atoms with van der Waals surface area (Å²) < 4.78 is 12.2. The molecule has 1 aliphatic rings. The molecule has 37 heavy (non-hydrogen) atoms. The molecule has 3 heteroatoms. The monoisotopic (exact) mass is 486 g/mol. The summed E-state index contributed by atoms with van der Waals surface area (Å²) in [5, 5.41) is 0. The maximum absolute atomic E-state index is 13.5. The van der Waals surface area contributed by atoms with Gasteiger partial charge in [-0.15, -0.1) is 0 Å². The van der Waals surface area contributed by atoms with Gasteiger partial charge in [-0.2, -0.15) is 0 Å². The highest BCUT2D eigenvalue weighted by molar-refractivity contribution is 6.14. The molecule has 1 aliphatic carbocycles. The lowest BCUT2D eigenvalue weighted by atomic mass is 9.86. The minimum absolute atomic E-state index is 0.0991. The van der Waals surface area contributed by atoms with E-state index in [1.54, 1.807) is 0 Å². The van der Waals surface area contributed by atoms with Crippen LogP contribution in [0.5, 0.6) is 11.5 Å². The van der Waals surface area contributed by atoms with Crippen molar-refractivity contribution < 1.29 is 14.3 Å². The van der Waals surface area contributed by atoms with Crippen LogP contribution in [0, 0.1) is 0 Å². The molecule has 0 unspecified atom stereocenters. The fraction of sp³-hybridized carbons (Fsp3) is 0.147. The van der Waals surface area contributed by atoms with Gasteiger partial charge in [0.05, 0.1) is 0 Å². The van der Waals surface area contributed by atoms with Gasteiger partial charge in [-0.25, -0.2) is 0 Å². The van der Waals surface area contributed by atoms with E-state index in [-0.39, 0.29) is 5.78 Å². The van der Waals surface area contributed by atoms with E-state index in [0.717, 1.165) is 64.2 Å². The number of hydrogen-bond donors (Lipinski definition) is 0. The predicted molar refractivity (Wildman–Crippen MR) is 149 cm³/mol. The van der Waals surface area contributed by atoms with E-state index in [2.05, 4.69) is 0 Å². The van der Waals surface area contributed by atoms with Crippen molar-refractivity contribution in [1.29, 1.82) is 0 Å². The van der Waals surface area contributed by atoms with Crippen molar-refractivity contribution in [2.45, 2.75) is 32.5 Å². The molecule has 0 heterocycles. The summed E-state index contributed by atoms with van der Waals surface area (Å²) in [7, 11) is 0. The van der Waals surface area contributed by atoms with Gasteiger partial charge >= 0.3 is 0 Å². The second-order valence-corrected chi connectivity index (χ2v) is 9.15. The predicted octanol–water partition coefficient (Wildman–Crippen LogP) is 8.06. The zero-order valence-corrected chi connectivity index (χ0v) is 20.8. The molecule has 1 saturated carbocycles. The van der Waals surface area contributed by atoms with E-state index in [1.165, 1.54) is 0 Å². The van der Waals surface area contributed by atoms with Crippen LogP contribution < -0.4 is 9.47 Å². The highest BCUT2D eigenvalue weighted by Crippen LogP contribution is 2.32. The minimum atomic E-state index is 0.0991. The molecule has 0 aromatic heterocycles. The van der Waals surface area contributed by atoms with E-state index >= 15 is 0 Å². The van der Waals surface area contributed by atoms with Gasteiger partial charge in [-0.05, 0) is 54.7 Å². The van der Waals surface area contributed by atoms with Crippen LogP contribution in [-0.4, -0.2) is 5.78 Å². The van der Waals surface area contributed by atoms with Crippen molar-refractivity contribution in [3.8, 4) is 11.5 Å². The van der Waals surface area contributed by atoms with E-state index in [4.69, 9.17) is 9.47 Å². The number of benzene rings is 4. The second kappa shape index (κ2) is 12.0. The molecule has 0 spiro atoms. The first-order chi connectivity index (χ1) is 18.3. The molecule has 1 fully saturated rings. The van der Waals surface area contributed by atoms with Gasteiger partial charge in [-0.1, -0.05) is 97.1 Å². The number of Topliss-reactive ketones (excluding diaryl/α,β-unsaturated/α-hetero) is 1. The van der Waals surface area contributed by atoms with Crippen molar-refractivity contribution in [3.63, 3.8) is 0 Å². The Morgan fingerprint density at radius 1 is 0.541 bits per heavy atom.